The molecule has 27 heavy (non-hydrogen) atoms. The van der Waals surface area contributed by atoms with E-state index in [9.17, 15) is 14.0 Å². The lowest BCUT2D eigenvalue weighted by molar-refractivity contribution is -0.134. The van der Waals surface area contributed by atoms with Crippen molar-refractivity contribution in [2.45, 2.75) is 25.7 Å². The molecule has 0 unspecified atom stereocenters. The van der Waals surface area contributed by atoms with Gasteiger partial charge in [0.25, 0.3) is 0 Å². The molecule has 1 fully saturated rings. The molecule has 0 atom stereocenters. The molecule has 0 bridgehead atoms. The number of carbonyl (C=O) groups excluding carboxylic acids is 2. The number of hydrogen-bond donors (Lipinski definition) is 1. The molecule has 1 aromatic carbocycles. The van der Waals surface area contributed by atoms with E-state index < -0.39 is 5.82 Å². The molecular formula is C19H26ClFN2O4. The van der Waals surface area contributed by atoms with Crippen molar-refractivity contribution < 1.29 is 23.5 Å². The molecule has 1 heterocycles. The Labute approximate surface area is 163 Å². The van der Waals surface area contributed by atoms with Crippen LogP contribution < -0.4 is 5.32 Å². The third-order valence-corrected chi connectivity index (χ3v) is 4.81. The average Bonchev–Trinajstić information content (AvgIpc) is 2.67. The minimum atomic E-state index is -0.523. The molecular weight excluding hydrogens is 375 g/mol. The molecule has 0 spiro atoms. The number of piperidine rings is 1. The zero-order valence-corrected chi connectivity index (χ0v) is 16.3. The standard InChI is InChI=1S/C19H26ClFN2O4/c1-26-11-12-27-10-2-3-18(24)23-8-6-14(7-9-23)19(25)22-15-4-5-17(21)16(20)13-15/h4-5,13-14H,2-3,6-12H2,1H3,(H,22,25). The van der Waals surface area contributed by atoms with Gasteiger partial charge in [-0.25, -0.2) is 4.39 Å². The van der Waals surface area contributed by atoms with Crippen LogP contribution in [0.15, 0.2) is 18.2 Å². The molecule has 8 heteroatoms. The number of nitrogens with one attached hydrogen (secondary N) is 1. The van der Waals surface area contributed by atoms with Crippen molar-refractivity contribution >= 4 is 29.1 Å². The molecule has 2 amide bonds. The van der Waals surface area contributed by atoms with E-state index in [1.54, 1.807) is 12.0 Å². The monoisotopic (exact) mass is 400 g/mol. The van der Waals surface area contributed by atoms with Gasteiger partial charge in [-0.05, 0) is 37.5 Å². The Kier molecular flexibility index (Phi) is 8.97. The van der Waals surface area contributed by atoms with Crippen molar-refractivity contribution in [3.63, 3.8) is 0 Å². The van der Waals surface area contributed by atoms with E-state index in [4.69, 9.17) is 21.1 Å². The summed E-state index contributed by atoms with van der Waals surface area (Å²) in [6.07, 6.45) is 2.33. The lowest BCUT2D eigenvalue weighted by Crippen LogP contribution is -2.41. The van der Waals surface area contributed by atoms with E-state index in [2.05, 4.69) is 5.32 Å². The van der Waals surface area contributed by atoms with Gasteiger partial charge < -0.3 is 19.7 Å². The van der Waals surface area contributed by atoms with Crippen molar-refractivity contribution in [3.05, 3.63) is 29.0 Å². The van der Waals surface area contributed by atoms with Crippen LogP contribution in [0, 0.1) is 11.7 Å². The molecule has 0 aromatic heterocycles. The number of benzene rings is 1. The second-order valence-electron chi connectivity index (χ2n) is 6.48. The van der Waals surface area contributed by atoms with Gasteiger partial charge in [0.05, 0.1) is 18.2 Å². The molecule has 1 aliphatic heterocycles. The van der Waals surface area contributed by atoms with Crippen molar-refractivity contribution in [2.24, 2.45) is 5.92 Å². The van der Waals surface area contributed by atoms with E-state index in [-0.39, 0.29) is 22.8 Å². The maximum atomic E-state index is 13.2. The molecule has 0 aliphatic carbocycles. The van der Waals surface area contributed by atoms with Crippen LogP contribution in [-0.2, 0) is 19.1 Å². The Bertz CT molecular complexity index is 636. The van der Waals surface area contributed by atoms with Crippen LogP contribution in [0.2, 0.25) is 5.02 Å². The smallest absolute Gasteiger partial charge is 0.227 e. The number of carbonyl (C=O) groups is 2. The summed E-state index contributed by atoms with van der Waals surface area (Å²) in [7, 11) is 1.62. The Morgan fingerprint density at radius 3 is 2.67 bits per heavy atom. The predicted molar refractivity (Wildman–Crippen MR) is 101 cm³/mol. The fourth-order valence-electron chi connectivity index (χ4n) is 2.94. The molecule has 1 N–H and O–H groups in total. The largest absolute Gasteiger partial charge is 0.382 e. The van der Waals surface area contributed by atoms with Gasteiger partial charge in [-0.2, -0.15) is 0 Å². The molecule has 150 valence electrons. The fourth-order valence-corrected chi connectivity index (χ4v) is 3.12. The first kappa shape index (κ1) is 21.6. The van der Waals surface area contributed by atoms with E-state index in [0.717, 1.165) is 0 Å². The Morgan fingerprint density at radius 2 is 2.00 bits per heavy atom. The summed E-state index contributed by atoms with van der Waals surface area (Å²) in [4.78, 5) is 26.4. The summed E-state index contributed by atoms with van der Waals surface area (Å²) in [5.74, 6) is -0.730. The Hall–Kier alpha value is -1.70. The maximum absolute atomic E-state index is 13.2. The highest BCUT2D eigenvalue weighted by atomic mass is 35.5. The van der Waals surface area contributed by atoms with Crippen LogP contribution in [0.25, 0.3) is 0 Å². The summed E-state index contributed by atoms with van der Waals surface area (Å²) in [6.45, 7) is 2.74. The molecule has 6 nitrogen and oxygen atoms in total. The summed E-state index contributed by atoms with van der Waals surface area (Å²) < 4.78 is 23.4. The number of rotatable bonds is 9. The zero-order chi connectivity index (χ0) is 19.6. The minimum absolute atomic E-state index is 0.0283. The fraction of sp³-hybridized carbons (Fsp3) is 0.579. The number of likely N-dealkylation sites (tertiary alicyclic amines) is 1. The number of ether oxygens (including phenoxy) is 2. The molecule has 2 rings (SSSR count). The Morgan fingerprint density at radius 1 is 1.26 bits per heavy atom. The minimum Gasteiger partial charge on any atom is -0.382 e. The van der Waals surface area contributed by atoms with E-state index in [1.165, 1.54) is 18.2 Å². The van der Waals surface area contributed by atoms with Crippen molar-refractivity contribution in [2.75, 3.05) is 45.3 Å². The van der Waals surface area contributed by atoms with Crippen LogP contribution in [0.1, 0.15) is 25.7 Å². The number of nitrogens with zero attached hydrogens (tertiary/aromatic N) is 1. The zero-order valence-electron chi connectivity index (χ0n) is 15.5. The number of halogens is 2. The van der Waals surface area contributed by atoms with Crippen molar-refractivity contribution in [1.82, 2.24) is 4.90 Å². The summed E-state index contributed by atoms with van der Waals surface area (Å²) >= 11 is 5.73. The van der Waals surface area contributed by atoms with Gasteiger partial charge >= 0.3 is 0 Å². The molecule has 1 aliphatic rings. The van der Waals surface area contributed by atoms with E-state index >= 15 is 0 Å². The van der Waals surface area contributed by atoms with E-state index in [1.807, 2.05) is 0 Å². The molecule has 0 saturated carbocycles. The van der Waals surface area contributed by atoms with E-state index in [0.29, 0.717) is 64.3 Å². The number of hydrogen-bond acceptors (Lipinski definition) is 4. The SMILES string of the molecule is COCCOCCCC(=O)N1CCC(C(=O)Nc2ccc(F)c(Cl)c2)CC1. The molecule has 1 aromatic rings. The van der Waals surface area contributed by atoms with Gasteiger partial charge in [0.2, 0.25) is 11.8 Å². The van der Waals surface area contributed by atoms with Crippen LogP contribution in [0.3, 0.4) is 0 Å². The highest BCUT2D eigenvalue weighted by Gasteiger charge is 2.27. The van der Waals surface area contributed by atoms with Crippen LogP contribution in [0.5, 0.6) is 0 Å². The number of anilines is 1. The van der Waals surface area contributed by atoms with Gasteiger partial charge in [-0.15, -0.1) is 0 Å². The lowest BCUT2D eigenvalue weighted by Gasteiger charge is -2.31. The van der Waals surface area contributed by atoms with Crippen molar-refractivity contribution in [3.8, 4) is 0 Å². The molecule has 0 radical (unpaired) electrons. The average molecular weight is 401 g/mol. The number of methoxy groups -OCH3 is 1. The first-order valence-corrected chi connectivity index (χ1v) is 9.49. The summed E-state index contributed by atoms with van der Waals surface area (Å²) in [5, 5.41) is 2.73. The quantitative estimate of drug-likeness (QED) is 0.647. The van der Waals surface area contributed by atoms with Gasteiger partial charge in [-0.1, -0.05) is 11.6 Å². The highest BCUT2D eigenvalue weighted by molar-refractivity contribution is 6.31. The third kappa shape index (κ3) is 7.08. The van der Waals surface area contributed by atoms with Gasteiger partial charge in [0, 0.05) is 44.8 Å². The summed E-state index contributed by atoms with van der Waals surface area (Å²) in [5.41, 5.74) is 0.471. The van der Waals surface area contributed by atoms with Crippen LogP contribution >= 0.6 is 11.6 Å². The van der Waals surface area contributed by atoms with Gasteiger partial charge in [-0.3, -0.25) is 9.59 Å². The maximum Gasteiger partial charge on any atom is 0.227 e. The highest BCUT2D eigenvalue weighted by Crippen LogP contribution is 2.23. The lowest BCUT2D eigenvalue weighted by atomic mass is 9.95. The first-order valence-electron chi connectivity index (χ1n) is 9.11. The summed E-state index contributed by atoms with van der Waals surface area (Å²) in [6, 6.07) is 4.09. The second kappa shape index (κ2) is 11.2. The second-order valence-corrected chi connectivity index (χ2v) is 6.89. The predicted octanol–water partition coefficient (Wildman–Crippen LogP) is 3.10. The number of amides is 2. The van der Waals surface area contributed by atoms with Crippen LogP contribution in [0.4, 0.5) is 10.1 Å². The van der Waals surface area contributed by atoms with Gasteiger partial charge in [0.15, 0.2) is 0 Å². The third-order valence-electron chi connectivity index (χ3n) is 4.52. The van der Waals surface area contributed by atoms with Crippen molar-refractivity contribution in [1.29, 1.82) is 0 Å². The Balaban J connectivity index is 1.68. The molecule has 1 saturated heterocycles. The topological polar surface area (TPSA) is 67.9 Å². The normalized spacial score (nSPS) is 15.0. The first-order chi connectivity index (χ1) is 13.0. The van der Waals surface area contributed by atoms with Crippen LogP contribution in [-0.4, -0.2) is 56.7 Å². The van der Waals surface area contributed by atoms with Gasteiger partial charge in [0.1, 0.15) is 5.82 Å².